The van der Waals surface area contributed by atoms with Gasteiger partial charge in [0, 0.05) is 19.7 Å². The summed E-state index contributed by atoms with van der Waals surface area (Å²) in [6.07, 6.45) is 0. The summed E-state index contributed by atoms with van der Waals surface area (Å²) in [5, 5.41) is 5.23. The number of methoxy groups -OCH3 is 1. The monoisotopic (exact) mass is 405 g/mol. The van der Waals surface area contributed by atoms with Crippen LogP contribution >= 0.6 is 0 Å². The van der Waals surface area contributed by atoms with Crippen LogP contribution in [-0.2, 0) is 19.6 Å². The minimum absolute atomic E-state index is 0.0186. The quantitative estimate of drug-likeness (QED) is 0.735. The van der Waals surface area contributed by atoms with Crippen molar-refractivity contribution in [3.05, 3.63) is 48.0 Å². The van der Waals surface area contributed by atoms with Gasteiger partial charge < -0.3 is 15.4 Å². The van der Waals surface area contributed by atoms with Crippen LogP contribution in [0.1, 0.15) is 12.5 Å². The Labute approximate surface area is 164 Å². The molecule has 0 aliphatic heterocycles. The number of anilines is 2. The van der Waals surface area contributed by atoms with E-state index in [9.17, 15) is 18.0 Å². The van der Waals surface area contributed by atoms with Gasteiger partial charge in [-0.25, -0.2) is 8.42 Å². The van der Waals surface area contributed by atoms with Gasteiger partial charge in [-0.1, -0.05) is 6.07 Å². The SMILES string of the molecule is COc1ccc(C)cc1NC(=O)CN(C)S(=O)(=O)c1ccc(NC(C)=O)cc1. The Morgan fingerprint density at radius 3 is 2.29 bits per heavy atom. The van der Waals surface area contributed by atoms with Crippen molar-refractivity contribution in [2.45, 2.75) is 18.7 Å². The molecule has 0 aliphatic carbocycles. The van der Waals surface area contributed by atoms with Crippen LogP contribution in [0.5, 0.6) is 5.75 Å². The average Bonchev–Trinajstić information content (AvgIpc) is 2.61. The fourth-order valence-corrected chi connectivity index (χ4v) is 3.62. The first kappa shape index (κ1) is 21.4. The summed E-state index contributed by atoms with van der Waals surface area (Å²) in [6, 6.07) is 11.0. The van der Waals surface area contributed by atoms with Gasteiger partial charge in [-0.2, -0.15) is 4.31 Å². The Morgan fingerprint density at radius 2 is 1.71 bits per heavy atom. The van der Waals surface area contributed by atoms with Crippen molar-refractivity contribution < 1.29 is 22.7 Å². The minimum Gasteiger partial charge on any atom is -0.495 e. The molecule has 2 amide bonds. The van der Waals surface area contributed by atoms with Crippen LogP contribution in [0, 0.1) is 6.92 Å². The lowest BCUT2D eigenvalue weighted by Crippen LogP contribution is -2.35. The molecule has 9 heteroatoms. The van der Waals surface area contributed by atoms with E-state index in [0.29, 0.717) is 17.1 Å². The average molecular weight is 405 g/mol. The van der Waals surface area contributed by atoms with Crippen LogP contribution in [0.3, 0.4) is 0 Å². The summed E-state index contributed by atoms with van der Waals surface area (Å²) in [6.45, 7) is 2.86. The number of ether oxygens (including phenoxy) is 1. The van der Waals surface area contributed by atoms with Crippen molar-refractivity contribution in [1.82, 2.24) is 4.31 Å². The second-order valence-electron chi connectivity index (χ2n) is 6.22. The molecule has 2 N–H and O–H groups in total. The lowest BCUT2D eigenvalue weighted by atomic mass is 10.2. The van der Waals surface area contributed by atoms with Crippen molar-refractivity contribution in [3.63, 3.8) is 0 Å². The van der Waals surface area contributed by atoms with E-state index < -0.39 is 15.9 Å². The molecular formula is C19H23N3O5S. The highest BCUT2D eigenvalue weighted by Gasteiger charge is 2.23. The number of hydrogen-bond donors (Lipinski definition) is 2. The molecule has 8 nitrogen and oxygen atoms in total. The van der Waals surface area contributed by atoms with Crippen molar-refractivity contribution in [2.75, 3.05) is 31.3 Å². The van der Waals surface area contributed by atoms with E-state index in [0.717, 1.165) is 9.87 Å². The molecule has 0 unspecified atom stereocenters. The predicted octanol–water partition coefficient (Wildman–Crippen LogP) is 2.22. The van der Waals surface area contributed by atoms with Crippen molar-refractivity contribution in [3.8, 4) is 5.75 Å². The minimum atomic E-state index is -3.87. The van der Waals surface area contributed by atoms with Crippen LogP contribution in [0.25, 0.3) is 0 Å². The Hall–Kier alpha value is -2.91. The van der Waals surface area contributed by atoms with Crippen LogP contribution in [0.4, 0.5) is 11.4 Å². The number of benzene rings is 2. The first-order valence-electron chi connectivity index (χ1n) is 8.42. The van der Waals surface area contributed by atoms with Gasteiger partial charge in [0.15, 0.2) is 0 Å². The number of carbonyl (C=O) groups is 2. The van der Waals surface area contributed by atoms with Crippen LogP contribution in [0.15, 0.2) is 47.4 Å². The Bertz CT molecular complexity index is 972. The standard InChI is InChI=1S/C19H23N3O5S/c1-13-5-10-18(27-4)17(11-13)21-19(24)12-22(3)28(25,26)16-8-6-15(7-9-16)20-14(2)23/h5-11H,12H2,1-4H3,(H,20,23)(H,21,24). The lowest BCUT2D eigenvalue weighted by Gasteiger charge is -2.18. The molecule has 2 rings (SSSR count). The zero-order chi connectivity index (χ0) is 20.9. The summed E-state index contributed by atoms with van der Waals surface area (Å²) in [7, 11) is -1.06. The largest absolute Gasteiger partial charge is 0.495 e. The molecular weight excluding hydrogens is 382 g/mol. The number of rotatable bonds is 7. The number of amides is 2. The first-order valence-corrected chi connectivity index (χ1v) is 9.86. The van der Waals surface area contributed by atoms with E-state index >= 15 is 0 Å². The number of nitrogens with zero attached hydrogens (tertiary/aromatic N) is 1. The molecule has 0 atom stereocenters. The zero-order valence-corrected chi connectivity index (χ0v) is 17.0. The highest BCUT2D eigenvalue weighted by Crippen LogP contribution is 2.25. The van der Waals surface area contributed by atoms with Crippen molar-refractivity contribution in [2.24, 2.45) is 0 Å². The second-order valence-corrected chi connectivity index (χ2v) is 8.26. The molecule has 0 aromatic heterocycles. The van der Waals surface area contributed by atoms with Crippen LogP contribution < -0.4 is 15.4 Å². The molecule has 150 valence electrons. The molecule has 2 aromatic carbocycles. The topological polar surface area (TPSA) is 105 Å². The van der Waals surface area contributed by atoms with E-state index in [-0.39, 0.29) is 17.3 Å². The molecule has 0 radical (unpaired) electrons. The number of likely N-dealkylation sites (N-methyl/N-ethyl adjacent to an activating group) is 1. The lowest BCUT2D eigenvalue weighted by molar-refractivity contribution is -0.116. The van der Waals surface area contributed by atoms with Crippen LogP contribution in [-0.4, -0.2) is 45.2 Å². The van der Waals surface area contributed by atoms with Gasteiger partial charge in [0.1, 0.15) is 5.75 Å². The third-order valence-corrected chi connectivity index (χ3v) is 5.70. The van der Waals surface area contributed by atoms with Crippen LogP contribution in [0.2, 0.25) is 0 Å². The predicted molar refractivity (Wildman–Crippen MR) is 107 cm³/mol. The van der Waals surface area contributed by atoms with E-state index in [1.165, 1.54) is 45.3 Å². The number of aryl methyl sites for hydroxylation is 1. The maximum atomic E-state index is 12.7. The number of nitrogens with one attached hydrogen (secondary N) is 2. The third-order valence-electron chi connectivity index (χ3n) is 3.88. The van der Waals surface area contributed by atoms with Gasteiger partial charge in [0.05, 0.1) is 24.2 Å². The van der Waals surface area contributed by atoms with Gasteiger partial charge in [-0.15, -0.1) is 0 Å². The fraction of sp³-hybridized carbons (Fsp3) is 0.263. The number of hydrogen-bond acceptors (Lipinski definition) is 5. The molecule has 0 fully saturated rings. The van der Waals surface area contributed by atoms with E-state index in [2.05, 4.69) is 10.6 Å². The zero-order valence-electron chi connectivity index (χ0n) is 16.1. The fourth-order valence-electron chi connectivity index (χ4n) is 2.49. The number of sulfonamides is 1. The molecule has 2 aromatic rings. The Balaban J connectivity index is 2.10. The first-order chi connectivity index (χ1) is 13.1. The van der Waals surface area contributed by atoms with Crippen molar-refractivity contribution >= 4 is 33.2 Å². The number of carbonyl (C=O) groups excluding carboxylic acids is 2. The molecule has 0 saturated carbocycles. The summed E-state index contributed by atoms with van der Waals surface area (Å²) in [4.78, 5) is 23.4. The summed E-state index contributed by atoms with van der Waals surface area (Å²) >= 11 is 0. The summed E-state index contributed by atoms with van der Waals surface area (Å²) in [5.74, 6) is -0.265. The van der Waals surface area contributed by atoms with E-state index in [1.54, 1.807) is 12.1 Å². The smallest absolute Gasteiger partial charge is 0.243 e. The Morgan fingerprint density at radius 1 is 1.07 bits per heavy atom. The third kappa shape index (κ3) is 5.30. The van der Waals surface area contributed by atoms with E-state index in [4.69, 9.17) is 4.74 Å². The van der Waals surface area contributed by atoms with Gasteiger partial charge in [-0.3, -0.25) is 9.59 Å². The van der Waals surface area contributed by atoms with Gasteiger partial charge in [0.25, 0.3) is 0 Å². The molecule has 0 spiro atoms. The molecule has 0 heterocycles. The normalized spacial score (nSPS) is 11.2. The van der Waals surface area contributed by atoms with Gasteiger partial charge in [-0.05, 0) is 48.9 Å². The van der Waals surface area contributed by atoms with Crippen molar-refractivity contribution in [1.29, 1.82) is 0 Å². The maximum absolute atomic E-state index is 12.7. The summed E-state index contributed by atoms with van der Waals surface area (Å²) < 4.78 is 31.5. The maximum Gasteiger partial charge on any atom is 0.243 e. The Kier molecular flexibility index (Phi) is 6.76. The summed E-state index contributed by atoms with van der Waals surface area (Å²) in [5.41, 5.74) is 1.88. The van der Waals surface area contributed by atoms with E-state index in [1.807, 2.05) is 13.0 Å². The highest BCUT2D eigenvalue weighted by atomic mass is 32.2. The molecule has 0 saturated heterocycles. The van der Waals surface area contributed by atoms with Gasteiger partial charge in [0.2, 0.25) is 21.8 Å². The second kappa shape index (κ2) is 8.85. The molecule has 0 bridgehead atoms. The van der Waals surface area contributed by atoms with Gasteiger partial charge >= 0.3 is 0 Å². The highest BCUT2D eigenvalue weighted by molar-refractivity contribution is 7.89. The molecule has 0 aliphatic rings. The molecule has 28 heavy (non-hydrogen) atoms.